The number of fused-ring (bicyclic) bond motifs is 3. The van der Waals surface area contributed by atoms with Crippen LogP contribution in [-0.2, 0) is 0 Å². The van der Waals surface area contributed by atoms with Crippen LogP contribution in [0.5, 0.6) is 0 Å². The molecule has 0 aliphatic rings. The van der Waals surface area contributed by atoms with Gasteiger partial charge < -0.3 is 4.42 Å². The van der Waals surface area contributed by atoms with Gasteiger partial charge in [0.1, 0.15) is 11.2 Å². The summed E-state index contributed by atoms with van der Waals surface area (Å²) >= 11 is 0. The number of para-hydroxylation sites is 2. The first-order valence-corrected chi connectivity index (χ1v) is 6.31. The maximum absolute atomic E-state index is 5.98. The second-order valence-electron chi connectivity index (χ2n) is 4.56. The van der Waals surface area contributed by atoms with Crippen molar-refractivity contribution in [1.82, 2.24) is 0 Å². The Hall–Kier alpha value is -2.54. The van der Waals surface area contributed by atoms with Crippen molar-refractivity contribution in [3.05, 3.63) is 72.8 Å². The molecule has 4 rings (SSSR count). The van der Waals surface area contributed by atoms with E-state index >= 15 is 0 Å². The SMILES string of the molecule is [c]1cccc2c1oc1c(-c3ccccc3)cccc12. The Bertz CT molecular complexity index is 857. The fourth-order valence-corrected chi connectivity index (χ4v) is 2.52. The number of hydrogen-bond acceptors (Lipinski definition) is 1. The fraction of sp³-hybridized carbons (Fsp3) is 0. The van der Waals surface area contributed by atoms with Gasteiger partial charge in [-0.2, -0.15) is 0 Å². The minimum atomic E-state index is 0.820. The molecule has 4 aromatic rings. The summed E-state index contributed by atoms with van der Waals surface area (Å²) in [5, 5.41) is 2.27. The minimum absolute atomic E-state index is 0.820. The van der Waals surface area contributed by atoms with Gasteiger partial charge in [0.05, 0.1) is 0 Å². The van der Waals surface area contributed by atoms with Gasteiger partial charge in [0.2, 0.25) is 0 Å². The maximum Gasteiger partial charge on any atom is 0.143 e. The number of rotatable bonds is 1. The summed E-state index contributed by atoms with van der Waals surface area (Å²) in [5.41, 5.74) is 4.06. The van der Waals surface area contributed by atoms with Gasteiger partial charge in [0.15, 0.2) is 0 Å². The van der Waals surface area contributed by atoms with Crippen LogP contribution in [0.15, 0.2) is 71.1 Å². The summed E-state index contributed by atoms with van der Waals surface area (Å²) in [5.74, 6) is 0. The quantitative estimate of drug-likeness (QED) is 0.455. The number of hydrogen-bond donors (Lipinski definition) is 0. The highest BCUT2D eigenvalue weighted by Gasteiger charge is 2.10. The Kier molecular flexibility index (Phi) is 2.18. The number of benzene rings is 3. The average Bonchev–Trinajstić information content (AvgIpc) is 2.87. The molecule has 1 radical (unpaired) electrons. The molecule has 0 spiro atoms. The lowest BCUT2D eigenvalue weighted by Crippen LogP contribution is -1.77. The first-order valence-electron chi connectivity index (χ1n) is 6.31. The molecule has 0 aliphatic carbocycles. The van der Waals surface area contributed by atoms with Gasteiger partial charge >= 0.3 is 0 Å². The Morgan fingerprint density at radius 3 is 2.47 bits per heavy atom. The van der Waals surface area contributed by atoms with Crippen LogP contribution in [0.25, 0.3) is 33.1 Å². The molecule has 0 unspecified atom stereocenters. The average molecular weight is 243 g/mol. The van der Waals surface area contributed by atoms with Crippen LogP contribution in [0, 0.1) is 6.07 Å². The molecule has 0 saturated carbocycles. The van der Waals surface area contributed by atoms with Crippen LogP contribution in [-0.4, -0.2) is 0 Å². The van der Waals surface area contributed by atoms with E-state index in [-0.39, 0.29) is 0 Å². The Morgan fingerprint density at radius 1 is 0.737 bits per heavy atom. The molecule has 0 saturated heterocycles. The molecular weight excluding hydrogens is 232 g/mol. The second kappa shape index (κ2) is 3.99. The third-order valence-corrected chi connectivity index (χ3v) is 3.41. The molecule has 19 heavy (non-hydrogen) atoms. The molecular formula is C18H11O. The van der Waals surface area contributed by atoms with Gasteiger partial charge in [-0.15, -0.1) is 0 Å². The monoisotopic (exact) mass is 243 g/mol. The Labute approximate surface area is 111 Å². The van der Waals surface area contributed by atoms with E-state index in [0.29, 0.717) is 0 Å². The van der Waals surface area contributed by atoms with Crippen LogP contribution in [0.3, 0.4) is 0 Å². The molecule has 0 N–H and O–H groups in total. The van der Waals surface area contributed by atoms with E-state index in [2.05, 4.69) is 42.5 Å². The van der Waals surface area contributed by atoms with Crippen LogP contribution < -0.4 is 0 Å². The van der Waals surface area contributed by atoms with Gasteiger partial charge in [-0.05, 0) is 5.56 Å². The van der Waals surface area contributed by atoms with E-state index in [0.717, 1.165) is 27.5 Å². The Balaban J connectivity index is 2.13. The summed E-state index contributed by atoms with van der Waals surface area (Å²) in [4.78, 5) is 0. The molecule has 3 aromatic carbocycles. The number of furan rings is 1. The van der Waals surface area contributed by atoms with Crippen molar-refractivity contribution in [2.45, 2.75) is 0 Å². The van der Waals surface area contributed by atoms with Crippen LogP contribution in [0.4, 0.5) is 0 Å². The zero-order valence-electron chi connectivity index (χ0n) is 10.3. The van der Waals surface area contributed by atoms with E-state index in [9.17, 15) is 0 Å². The highest BCUT2D eigenvalue weighted by molar-refractivity contribution is 6.09. The maximum atomic E-state index is 5.98. The van der Waals surface area contributed by atoms with Crippen molar-refractivity contribution in [3.63, 3.8) is 0 Å². The van der Waals surface area contributed by atoms with Crippen molar-refractivity contribution in [1.29, 1.82) is 0 Å². The van der Waals surface area contributed by atoms with Crippen LogP contribution >= 0.6 is 0 Å². The van der Waals surface area contributed by atoms with Crippen molar-refractivity contribution in [2.75, 3.05) is 0 Å². The lowest BCUT2D eigenvalue weighted by atomic mass is 10.0. The predicted octanol–water partition coefficient (Wildman–Crippen LogP) is 5.05. The molecule has 0 amide bonds. The molecule has 89 valence electrons. The van der Waals surface area contributed by atoms with Crippen molar-refractivity contribution in [3.8, 4) is 11.1 Å². The predicted molar refractivity (Wildman–Crippen MR) is 78.0 cm³/mol. The van der Waals surface area contributed by atoms with Crippen molar-refractivity contribution in [2.24, 2.45) is 0 Å². The summed E-state index contributed by atoms with van der Waals surface area (Å²) in [6.07, 6.45) is 0. The van der Waals surface area contributed by atoms with E-state index in [1.807, 2.05) is 30.3 Å². The van der Waals surface area contributed by atoms with Gasteiger partial charge in [0, 0.05) is 22.4 Å². The minimum Gasteiger partial charge on any atom is -0.455 e. The smallest absolute Gasteiger partial charge is 0.143 e. The normalized spacial score (nSPS) is 11.2. The largest absolute Gasteiger partial charge is 0.455 e. The fourth-order valence-electron chi connectivity index (χ4n) is 2.52. The lowest BCUT2D eigenvalue weighted by molar-refractivity contribution is 0.669. The van der Waals surface area contributed by atoms with Gasteiger partial charge in [-0.25, -0.2) is 0 Å². The second-order valence-corrected chi connectivity index (χ2v) is 4.56. The van der Waals surface area contributed by atoms with E-state index in [1.165, 1.54) is 5.56 Å². The van der Waals surface area contributed by atoms with Gasteiger partial charge in [-0.3, -0.25) is 0 Å². The zero-order chi connectivity index (χ0) is 12.7. The van der Waals surface area contributed by atoms with E-state index < -0.39 is 0 Å². The summed E-state index contributed by atoms with van der Waals surface area (Å²) in [6, 6.07) is 25.7. The third kappa shape index (κ3) is 1.55. The summed E-state index contributed by atoms with van der Waals surface area (Å²) in [6.45, 7) is 0. The molecule has 0 atom stereocenters. The summed E-state index contributed by atoms with van der Waals surface area (Å²) < 4.78 is 5.98. The third-order valence-electron chi connectivity index (χ3n) is 3.41. The summed E-state index contributed by atoms with van der Waals surface area (Å²) in [7, 11) is 0. The van der Waals surface area contributed by atoms with Crippen LogP contribution in [0.1, 0.15) is 0 Å². The molecule has 0 aliphatic heterocycles. The standard InChI is InChI=1S/C18H11O/c1-2-7-13(8-3-1)14-10-6-11-16-15-9-4-5-12-17(15)19-18(14)16/h1-11H. The highest BCUT2D eigenvalue weighted by atomic mass is 16.3. The molecule has 1 nitrogen and oxygen atoms in total. The van der Waals surface area contributed by atoms with Gasteiger partial charge in [0.25, 0.3) is 0 Å². The lowest BCUT2D eigenvalue weighted by Gasteiger charge is -2.01. The highest BCUT2D eigenvalue weighted by Crippen LogP contribution is 2.35. The van der Waals surface area contributed by atoms with E-state index in [1.54, 1.807) is 0 Å². The van der Waals surface area contributed by atoms with Crippen molar-refractivity contribution >= 4 is 21.9 Å². The topological polar surface area (TPSA) is 13.1 Å². The molecule has 0 fully saturated rings. The first-order chi connectivity index (χ1) is 9.43. The Morgan fingerprint density at radius 2 is 1.58 bits per heavy atom. The zero-order valence-corrected chi connectivity index (χ0v) is 10.3. The first kappa shape index (κ1) is 10.4. The molecule has 1 aromatic heterocycles. The van der Waals surface area contributed by atoms with Crippen LogP contribution in [0.2, 0.25) is 0 Å². The molecule has 1 heterocycles. The molecule has 1 heteroatoms. The van der Waals surface area contributed by atoms with Crippen molar-refractivity contribution < 1.29 is 4.42 Å². The van der Waals surface area contributed by atoms with Gasteiger partial charge in [-0.1, -0.05) is 66.7 Å². The van der Waals surface area contributed by atoms with E-state index in [4.69, 9.17) is 4.42 Å². The molecule has 0 bridgehead atoms.